The van der Waals surface area contributed by atoms with Crippen molar-refractivity contribution in [3.8, 4) is 16.3 Å². The molecule has 2 N–H and O–H groups in total. The second-order valence-corrected chi connectivity index (χ2v) is 11.2. The number of phenols is 1. The topological polar surface area (TPSA) is 99.6 Å². The van der Waals surface area contributed by atoms with Gasteiger partial charge in [-0.2, -0.15) is 4.31 Å². The summed E-state index contributed by atoms with van der Waals surface area (Å²) in [6.45, 7) is 0.522. The van der Waals surface area contributed by atoms with E-state index in [0.717, 1.165) is 10.2 Å². The minimum Gasteiger partial charge on any atom is -0.507 e. The second-order valence-electron chi connectivity index (χ2n) is 8.22. The van der Waals surface area contributed by atoms with Gasteiger partial charge in [0.1, 0.15) is 10.8 Å². The normalized spacial score (nSPS) is 17.0. The Morgan fingerprint density at radius 2 is 1.82 bits per heavy atom. The lowest BCUT2D eigenvalue weighted by atomic mass is 9.98. The van der Waals surface area contributed by atoms with Crippen LogP contribution in [-0.4, -0.2) is 41.8 Å². The SMILES string of the molecule is O=C(Nc1ccc(O)c(-c2nc3ccccc3s2)c1)C1CCCN(S(=O)(=O)c2ccccc2)C1. The number of para-hydroxylation sites is 1. The molecule has 4 aromatic rings. The van der Waals surface area contributed by atoms with Crippen molar-refractivity contribution in [3.63, 3.8) is 0 Å². The number of benzene rings is 3. The zero-order valence-corrected chi connectivity index (χ0v) is 19.8. The maximum Gasteiger partial charge on any atom is 0.243 e. The van der Waals surface area contributed by atoms with Crippen LogP contribution in [0.1, 0.15) is 12.8 Å². The highest BCUT2D eigenvalue weighted by molar-refractivity contribution is 7.89. The van der Waals surface area contributed by atoms with Crippen LogP contribution in [0.2, 0.25) is 0 Å². The number of carbonyl (C=O) groups excluding carboxylic acids is 1. The van der Waals surface area contributed by atoms with E-state index < -0.39 is 15.9 Å². The predicted octanol–water partition coefficient (Wildman–Crippen LogP) is 4.71. The number of fused-ring (bicyclic) bond motifs is 1. The molecule has 174 valence electrons. The first-order valence-corrected chi connectivity index (χ1v) is 13.2. The Hall–Kier alpha value is -3.27. The van der Waals surface area contributed by atoms with E-state index in [1.165, 1.54) is 21.7 Å². The zero-order chi connectivity index (χ0) is 23.7. The van der Waals surface area contributed by atoms with Gasteiger partial charge < -0.3 is 10.4 Å². The average molecular weight is 494 g/mol. The van der Waals surface area contributed by atoms with Crippen LogP contribution in [-0.2, 0) is 14.8 Å². The number of hydrogen-bond donors (Lipinski definition) is 2. The maximum absolute atomic E-state index is 13.0. The Balaban J connectivity index is 1.34. The fourth-order valence-corrected chi connectivity index (χ4v) is 6.67. The largest absolute Gasteiger partial charge is 0.507 e. The summed E-state index contributed by atoms with van der Waals surface area (Å²) >= 11 is 1.46. The molecule has 0 bridgehead atoms. The second kappa shape index (κ2) is 9.17. The number of hydrogen-bond acceptors (Lipinski definition) is 6. The van der Waals surface area contributed by atoms with Gasteiger partial charge in [-0.05, 0) is 55.3 Å². The van der Waals surface area contributed by atoms with Gasteiger partial charge in [-0.15, -0.1) is 11.3 Å². The molecular formula is C25H23N3O4S2. The van der Waals surface area contributed by atoms with Gasteiger partial charge in [-0.25, -0.2) is 13.4 Å². The molecule has 0 radical (unpaired) electrons. The van der Waals surface area contributed by atoms with Crippen molar-refractivity contribution >= 4 is 43.2 Å². The van der Waals surface area contributed by atoms with Crippen molar-refractivity contribution in [1.82, 2.24) is 9.29 Å². The molecule has 1 atom stereocenters. The molecule has 0 aliphatic carbocycles. The van der Waals surface area contributed by atoms with Crippen LogP contribution in [0.4, 0.5) is 5.69 Å². The Kier molecular flexibility index (Phi) is 6.07. The number of anilines is 1. The molecule has 1 unspecified atom stereocenters. The summed E-state index contributed by atoms with van der Waals surface area (Å²) in [5, 5.41) is 14.0. The molecule has 9 heteroatoms. The number of amides is 1. The minimum atomic E-state index is -3.65. The Bertz CT molecular complexity index is 1420. The quantitative estimate of drug-likeness (QED) is 0.392. The number of nitrogens with zero attached hydrogens (tertiary/aromatic N) is 2. The van der Waals surface area contributed by atoms with Crippen LogP contribution in [0.25, 0.3) is 20.8 Å². The smallest absolute Gasteiger partial charge is 0.243 e. The summed E-state index contributed by atoms with van der Waals surface area (Å²) in [6, 6.07) is 20.9. The van der Waals surface area contributed by atoms with E-state index in [1.807, 2.05) is 24.3 Å². The molecule has 1 amide bonds. The molecule has 5 rings (SSSR count). The standard InChI is InChI=1S/C25H23N3O4S2/c29-22-13-12-18(15-20(22)25-27-21-10-4-5-11-23(21)33-25)26-24(30)17-7-6-14-28(16-17)34(31,32)19-8-2-1-3-9-19/h1-5,8-13,15,17,29H,6-7,14,16H2,(H,26,30). The third kappa shape index (κ3) is 4.42. The van der Waals surface area contributed by atoms with E-state index in [-0.39, 0.29) is 23.1 Å². The average Bonchev–Trinajstić information content (AvgIpc) is 3.30. The van der Waals surface area contributed by atoms with Gasteiger partial charge in [-0.1, -0.05) is 30.3 Å². The highest BCUT2D eigenvalue weighted by Gasteiger charge is 2.33. The van der Waals surface area contributed by atoms with E-state index in [4.69, 9.17) is 0 Å². The van der Waals surface area contributed by atoms with E-state index in [9.17, 15) is 18.3 Å². The summed E-state index contributed by atoms with van der Waals surface area (Å²) in [4.78, 5) is 17.9. The van der Waals surface area contributed by atoms with Crippen LogP contribution in [0, 0.1) is 5.92 Å². The molecule has 2 heterocycles. The molecule has 1 saturated heterocycles. The van der Waals surface area contributed by atoms with E-state index >= 15 is 0 Å². The molecule has 3 aromatic carbocycles. The van der Waals surface area contributed by atoms with Gasteiger partial charge in [0, 0.05) is 18.8 Å². The van der Waals surface area contributed by atoms with Crippen LogP contribution in [0.5, 0.6) is 5.75 Å². The number of rotatable bonds is 5. The van der Waals surface area contributed by atoms with E-state index in [0.29, 0.717) is 35.6 Å². The van der Waals surface area contributed by atoms with Crippen molar-refractivity contribution in [2.24, 2.45) is 5.92 Å². The van der Waals surface area contributed by atoms with Crippen LogP contribution < -0.4 is 5.32 Å². The number of piperidine rings is 1. The summed E-state index contributed by atoms with van der Waals surface area (Å²) in [7, 11) is -3.65. The van der Waals surface area contributed by atoms with Crippen LogP contribution in [0.15, 0.2) is 77.7 Å². The third-order valence-corrected chi connectivity index (χ3v) is 8.87. The molecule has 1 fully saturated rings. The molecule has 34 heavy (non-hydrogen) atoms. The number of thiazole rings is 1. The summed E-state index contributed by atoms with van der Waals surface area (Å²) in [6.07, 6.45) is 1.21. The molecule has 1 aromatic heterocycles. The molecule has 7 nitrogen and oxygen atoms in total. The first-order chi connectivity index (χ1) is 16.4. The summed E-state index contributed by atoms with van der Waals surface area (Å²) in [5.74, 6) is -0.629. The van der Waals surface area contributed by atoms with Crippen molar-refractivity contribution in [2.75, 3.05) is 18.4 Å². The third-order valence-electron chi connectivity index (χ3n) is 5.92. The Morgan fingerprint density at radius 1 is 1.06 bits per heavy atom. The first-order valence-electron chi connectivity index (χ1n) is 11.0. The van der Waals surface area contributed by atoms with Crippen molar-refractivity contribution < 1.29 is 18.3 Å². The monoisotopic (exact) mass is 493 g/mol. The molecular weight excluding hydrogens is 470 g/mol. The number of sulfonamides is 1. The van der Waals surface area contributed by atoms with Gasteiger partial charge in [-0.3, -0.25) is 4.79 Å². The molecule has 1 aliphatic rings. The first kappa shape index (κ1) is 22.5. The van der Waals surface area contributed by atoms with Crippen molar-refractivity contribution in [2.45, 2.75) is 17.7 Å². The fourth-order valence-electron chi connectivity index (χ4n) is 4.13. The van der Waals surface area contributed by atoms with Crippen molar-refractivity contribution in [1.29, 1.82) is 0 Å². The van der Waals surface area contributed by atoms with E-state index in [2.05, 4.69) is 10.3 Å². The Labute approximate surface area is 201 Å². The number of nitrogens with one attached hydrogen (secondary N) is 1. The van der Waals surface area contributed by atoms with Gasteiger partial charge in [0.05, 0.1) is 26.6 Å². The number of aromatic nitrogens is 1. The predicted molar refractivity (Wildman–Crippen MR) is 133 cm³/mol. The van der Waals surface area contributed by atoms with Gasteiger partial charge in [0.2, 0.25) is 15.9 Å². The summed E-state index contributed by atoms with van der Waals surface area (Å²) in [5.41, 5.74) is 1.91. The van der Waals surface area contributed by atoms with Crippen molar-refractivity contribution in [3.05, 3.63) is 72.8 Å². The lowest BCUT2D eigenvalue weighted by molar-refractivity contribution is -0.120. The maximum atomic E-state index is 13.0. The van der Waals surface area contributed by atoms with Gasteiger partial charge in [0.25, 0.3) is 0 Å². The minimum absolute atomic E-state index is 0.0786. The number of aromatic hydroxyl groups is 1. The van der Waals surface area contributed by atoms with E-state index in [1.54, 1.807) is 42.5 Å². The highest BCUT2D eigenvalue weighted by Crippen LogP contribution is 2.37. The number of phenolic OH excluding ortho intramolecular Hbond substituents is 1. The zero-order valence-electron chi connectivity index (χ0n) is 18.2. The summed E-state index contributed by atoms with van der Waals surface area (Å²) < 4.78 is 28.4. The molecule has 1 aliphatic heterocycles. The van der Waals surface area contributed by atoms with Crippen LogP contribution >= 0.6 is 11.3 Å². The lowest BCUT2D eigenvalue weighted by Gasteiger charge is -2.31. The van der Waals surface area contributed by atoms with Gasteiger partial charge in [0.15, 0.2) is 0 Å². The lowest BCUT2D eigenvalue weighted by Crippen LogP contribution is -2.43. The molecule has 0 spiro atoms. The van der Waals surface area contributed by atoms with Gasteiger partial charge >= 0.3 is 0 Å². The number of carbonyl (C=O) groups is 1. The van der Waals surface area contributed by atoms with Crippen LogP contribution in [0.3, 0.4) is 0 Å². The Morgan fingerprint density at radius 3 is 2.62 bits per heavy atom. The molecule has 0 saturated carbocycles. The highest BCUT2D eigenvalue weighted by atomic mass is 32.2. The fraction of sp³-hybridized carbons (Fsp3) is 0.200.